The van der Waals surface area contributed by atoms with Crippen molar-refractivity contribution in [1.29, 1.82) is 0 Å². The van der Waals surface area contributed by atoms with Crippen molar-refractivity contribution in [3.63, 3.8) is 0 Å². The van der Waals surface area contributed by atoms with E-state index < -0.39 is 12.0 Å². The van der Waals surface area contributed by atoms with E-state index in [0.29, 0.717) is 19.4 Å². The standard InChI is InChI=1S/C11H19NO4/c1-2-3-4-5-10(13)16-8-6-9(11(14)15)12-7-8/h8-9,12H,2-7H2,1H3,(H,14,15)/t8?,9-/m0/s1. The molecule has 0 aromatic carbocycles. The third-order valence-corrected chi connectivity index (χ3v) is 2.67. The number of unbranched alkanes of at least 4 members (excludes halogenated alkanes) is 2. The zero-order valence-electron chi connectivity index (χ0n) is 9.57. The summed E-state index contributed by atoms with van der Waals surface area (Å²) in [5.74, 6) is -1.10. The SMILES string of the molecule is CCCCCC(=O)OC1CN[C@H](C(=O)O)C1. The van der Waals surface area contributed by atoms with Gasteiger partial charge in [-0.2, -0.15) is 0 Å². The molecule has 1 aliphatic heterocycles. The van der Waals surface area contributed by atoms with Crippen molar-refractivity contribution in [3.05, 3.63) is 0 Å². The summed E-state index contributed by atoms with van der Waals surface area (Å²) in [6.45, 7) is 2.51. The first-order valence-electron chi connectivity index (χ1n) is 5.79. The van der Waals surface area contributed by atoms with E-state index in [2.05, 4.69) is 12.2 Å². The highest BCUT2D eigenvalue weighted by molar-refractivity contribution is 5.74. The minimum absolute atomic E-state index is 0.216. The highest BCUT2D eigenvalue weighted by atomic mass is 16.5. The quantitative estimate of drug-likeness (QED) is 0.523. The molecule has 0 bridgehead atoms. The Morgan fingerprint density at radius 3 is 2.75 bits per heavy atom. The van der Waals surface area contributed by atoms with Crippen LogP contribution in [-0.4, -0.2) is 35.7 Å². The minimum atomic E-state index is -0.885. The summed E-state index contributed by atoms with van der Waals surface area (Å²) in [4.78, 5) is 22.0. The van der Waals surface area contributed by atoms with Crippen LogP contribution in [0.5, 0.6) is 0 Å². The number of carboxylic acids is 1. The molecule has 0 radical (unpaired) electrons. The lowest BCUT2D eigenvalue weighted by molar-refractivity contribution is -0.149. The van der Waals surface area contributed by atoms with Gasteiger partial charge in [-0.1, -0.05) is 19.8 Å². The van der Waals surface area contributed by atoms with Crippen LogP contribution in [0.2, 0.25) is 0 Å². The molecule has 1 rings (SSSR count). The van der Waals surface area contributed by atoms with Gasteiger partial charge in [0, 0.05) is 19.4 Å². The topological polar surface area (TPSA) is 75.6 Å². The van der Waals surface area contributed by atoms with Crippen LogP contribution in [0.1, 0.15) is 39.0 Å². The maximum atomic E-state index is 11.4. The molecule has 0 aromatic heterocycles. The molecule has 1 unspecified atom stereocenters. The molecule has 0 aliphatic carbocycles. The first kappa shape index (κ1) is 13.0. The Bertz CT molecular complexity index is 254. The zero-order valence-corrected chi connectivity index (χ0v) is 9.57. The Hall–Kier alpha value is -1.10. The number of ether oxygens (including phenoxy) is 1. The number of carbonyl (C=O) groups excluding carboxylic acids is 1. The van der Waals surface area contributed by atoms with Crippen LogP contribution in [0.25, 0.3) is 0 Å². The fourth-order valence-electron chi connectivity index (χ4n) is 1.75. The van der Waals surface area contributed by atoms with Gasteiger partial charge in [-0.3, -0.25) is 9.59 Å². The van der Waals surface area contributed by atoms with Gasteiger partial charge in [-0.15, -0.1) is 0 Å². The summed E-state index contributed by atoms with van der Waals surface area (Å²) in [5.41, 5.74) is 0. The van der Waals surface area contributed by atoms with Crippen molar-refractivity contribution >= 4 is 11.9 Å². The Balaban J connectivity index is 2.18. The van der Waals surface area contributed by atoms with Crippen molar-refractivity contribution in [2.75, 3.05) is 6.54 Å². The predicted octanol–water partition coefficient (Wildman–Crippen LogP) is 0.925. The number of aliphatic carboxylic acids is 1. The second-order valence-corrected chi connectivity index (χ2v) is 4.10. The van der Waals surface area contributed by atoms with Crippen LogP contribution in [0.15, 0.2) is 0 Å². The number of esters is 1. The van der Waals surface area contributed by atoms with Crippen LogP contribution in [-0.2, 0) is 14.3 Å². The molecule has 1 fully saturated rings. The molecule has 5 heteroatoms. The molecular formula is C11H19NO4. The molecule has 0 amide bonds. The van der Waals surface area contributed by atoms with Crippen LogP contribution in [0, 0.1) is 0 Å². The number of hydrogen-bond acceptors (Lipinski definition) is 4. The first-order valence-corrected chi connectivity index (χ1v) is 5.79. The Morgan fingerprint density at radius 2 is 2.19 bits per heavy atom. The average molecular weight is 229 g/mol. The summed E-state index contributed by atoms with van der Waals surface area (Å²) in [6, 6.07) is -0.576. The molecule has 2 N–H and O–H groups in total. The van der Waals surface area contributed by atoms with Gasteiger partial charge in [0.25, 0.3) is 0 Å². The third-order valence-electron chi connectivity index (χ3n) is 2.67. The van der Waals surface area contributed by atoms with Crippen molar-refractivity contribution in [2.24, 2.45) is 0 Å². The van der Waals surface area contributed by atoms with Crippen molar-refractivity contribution in [1.82, 2.24) is 5.32 Å². The smallest absolute Gasteiger partial charge is 0.320 e. The summed E-state index contributed by atoms with van der Waals surface area (Å²) in [6.07, 6.45) is 3.46. The molecule has 0 aromatic rings. The lowest BCUT2D eigenvalue weighted by atomic mass is 10.2. The van der Waals surface area contributed by atoms with E-state index in [-0.39, 0.29) is 12.1 Å². The van der Waals surface area contributed by atoms with Gasteiger partial charge in [0.05, 0.1) is 0 Å². The predicted molar refractivity (Wildman–Crippen MR) is 58.1 cm³/mol. The second kappa shape index (κ2) is 6.48. The molecule has 0 spiro atoms. The highest BCUT2D eigenvalue weighted by Crippen LogP contribution is 2.12. The number of carboxylic acid groups (broad SMARTS) is 1. The summed E-state index contributed by atoms with van der Waals surface area (Å²) < 4.78 is 5.17. The van der Waals surface area contributed by atoms with Gasteiger partial charge in [-0.05, 0) is 6.42 Å². The van der Waals surface area contributed by atoms with Gasteiger partial charge in [-0.25, -0.2) is 0 Å². The molecule has 1 aliphatic rings. The highest BCUT2D eigenvalue weighted by Gasteiger charge is 2.31. The van der Waals surface area contributed by atoms with E-state index in [4.69, 9.17) is 9.84 Å². The molecule has 2 atom stereocenters. The third kappa shape index (κ3) is 4.18. The van der Waals surface area contributed by atoms with Crippen LogP contribution in [0.3, 0.4) is 0 Å². The Kier molecular flexibility index (Phi) is 5.25. The number of rotatable bonds is 6. The van der Waals surface area contributed by atoms with Gasteiger partial charge in [0.2, 0.25) is 0 Å². The van der Waals surface area contributed by atoms with Crippen molar-refractivity contribution in [2.45, 2.75) is 51.2 Å². The zero-order chi connectivity index (χ0) is 12.0. The number of carbonyl (C=O) groups is 2. The van der Waals surface area contributed by atoms with Gasteiger partial charge in [0.15, 0.2) is 0 Å². The second-order valence-electron chi connectivity index (χ2n) is 4.10. The van der Waals surface area contributed by atoms with Crippen molar-refractivity contribution < 1.29 is 19.4 Å². The molecular weight excluding hydrogens is 210 g/mol. The molecule has 1 saturated heterocycles. The van der Waals surface area contributed by atoms with E-state index in [1.54, 1.807) is 0 Å². The number of hydrogen-bond donors (Lipinski definition) is 2. The molecule has 16 heavy (non-hydrogen) atoms. The van der Waals surface area contributed by atoms with Crippen LogP contribution < -0.4 is 5.32 Å². The Labute approximate surface area is 95.2 Å². The Morgan fingerprint density at radius 1 is 1.44 bits per heavy atom. The normalized spacial score (nSPS) is 24.3. The fraction of sp³-hybridized carbons (Fsp3) is 0.818. The van der Waals surface area contributed by atoms with Gasteiger partial charge >= 0.3 is 11.9 Å². The first-order chi connectivity index (χ1) is 7.63. The number of nitrogens with one attached hydrogen (secondary N) is 1. The van der Waals surface area contributed by atoms with Gasteiger partial charge < -0.3 is 15.2 Å². The molecule has 92 valence electrons. The largest absolute Gasteiger partial charge is 0.480 e. The van der Waals surface area contributed by atoms with E-state index >= 15 is 0 Å². The lowest BCUT2D eigenvalue weighted by Crippen LogP contribution is -2.30. The molecule has 1 heterocycles. The van der Waals surface area contributed by atoms with E-state index in [1.807, 2.05) is 0 Å². The monoisotopic (exact) mass is 229 g/mol. The van der Waals surface area contributed by atoms with E-state index in [1.165, 1.54) is 0 Å². The lowest BCUT2D eigenvalue weighted by Gasteiger charge is -2.10. The van der Waals surface area contributed by atoms with E-state index in [9.17, 15) is 9.59 Å². The summed E-state index contributed by atoms with van der Waals surface area (Å²) >= 11 is 0. The van der Waals surface area contributed by atoms with Gasteiger partial charge in [0.1, 0.15) is 12.1 Å². The minimum Gasteiger partial charge on any atom is -0.480 e. The maximum absolute atomic E-state index is 11.4. The van der Waals surface area contributed by atoms with Crippen LogP contribution in [0.4, 0.5) is 0 Å². The average Bonchev–Trinajstić information content (AvgIpc) is 2.66. The fourth-order valence-corrected chi connectivity index (χ4v) is 1.75. The van der Waals surface area contributed by atoms with Crippen molar-refractivity contribution in [3.8, 4) is 0 Å². The molecule has 5 nitrogen and oxygen atoms in total. The summed E-state index contributed by atoms with van der Waals surface area (Å²) in [7, 11) is 0. The maximum Gasteiger partial charge on any atom is 0.320 e. The summed E-state index contributed by atoms with van der Waals surface area (Å²) in [5, 5.41) is 11.5. The van der Waals surface area contributed by atoms with Crippen LogP contribution >= 0.6 is 0 Å². The van der Waals surface area contributed by atoms with E-state index in [0.717, 1.165) is 19.3 Å². The molecule has 0 saturated carbocycles.